The maximum absolute atomic E-state index is 10.9. The van der Waals surface area contributed by atoms with Gasteiger partial charge in [-0.3, -0.25) is 0 Å². The molecule has 2 nitrogen and oxygen atoms in total. The highest BCUT2D eigenvalue weighted by Crippen LogP contribution is 2.51. The minimum atomic E-state index is -1.06. The second kappa shape index (κ2) is 3.62. The number of hydrogen-bond donors (Lipinski definition) is 2. The van der Waals surface area contributed by atoms with Gasteiger partial charge in [-0.05, 0) is 40.6 Å². The van der Waals surface area contributed by atoms with Gasteiger partial charge in [-0.1, -0.05) is 48.5 Å². The van der Waals surface area contributed by atoms with E-state index in [9.17, 15) is 10.2 Å². The number of benzene rings is 3. The van der Waals surface area contributed by atoms with Crippen molar-refractivity contribution in [3.8, 4) is 16.9 Å². The van der Waals surface area contributed by atoms with E-state index in [0.29, 0.717) is 0 Å². The zero-order valence-corrected chi connectivity index (χ0v) is 11.1. The highest BCUT2D eigenvalue weighted by molar-refractivity contribution is 6.04. The van der Waals surface area contributed by atoms with Gasteiger partial charge in [0.05, 0.1) is 0 Å². The summed E-state index contributed by atoms with van der Waals surface area (Å²) in [4.78, 5) is 0. The SMILES string of the molecule is CC1(O)c2ccccc2-c2c1cc(O)c1ccccc21. The van der Waals surface area contributed by atoms with Crippen LogP contribution in [0.2, 0.25) is 0 Å². The van der Waals surface area contributed by atoms with Gasteiger partial charge < -0.3 is 10.2 Å². The average molecular weight is 262 g/mol. The lowest BCUT2D eigenvalue weighted by molar-refractivity contribution is 0.107. The molecule has 0 bridgehead atoms. The first-order valence-corrected chi connectivity index (χ1v) is 6.68. The second-order valence-corrected chi connectivity index (χ2v) is 5.48. The maximum atomic E-state index is 10.9. The monoisotopic (exact) mass is 262 g/mol. The van der Waals surface area contributed by atoms with E-state index in [2.05, 4.69) is 0 Å². The molecule has 20 heavy (non-hydrogen) atoms. The summed E-state index contributed by atoms with van der Waals surface area (Å²) in [5, 5.41) is 22.9. The molecule has 3 aromatic carbocycles. The molecule has 0 heterocycles. The van der Waals surface area contributed by atoms with E-state index in [4.69, 9.17) is 0 Å². The van der Waals surface area contributed by atoms with Crippen molar-refractivity contribution in [3.05, 3.63) is 65.7 Å². The number of aliphatic hydroxyl groups is 1. The van der Waals surface area contributed by atoms with Crippen LogP contribution in [0.1, 0.15) is 18.1 Å². The summed E-state index contributed by atoms with van der Waals surface area (Å²) in [6, 6.07) is 17.3. The second-order valence-electron chi connectivity index (χ2n) is 5.48. The molecule has 1 unspecified atom stereocenters. The highest BCUT2D eigenvalue weighted by atomic mass is 16.3. The van der Waals surface area contributed by atoms with E-state index < -0.39 is 5.60 Å². The van der Waals surface area contributed by atoms with E-state index in [0.717, 1.165) is 33.0 Å². The van der Waals surface area contributed by atoms with E-state index in [1.54, 1.807) is 13.0 Å². The number of phenolic OH excluding ortho intramolecular Hbond substituents is 1. The molecule has 0 fully saturated rings. The molecule has 2 N–H and O–H groups in total. The van der Waals surface area contributed by atoms with Crippen molar-refractivity contribution in [2.75, 3.05) is 0 Å². The molecule has 4 rings (SSSR count). The van der Waals surface area contributed by atoms with E-state index >= 15 is 0 Å². The fourth-order valence-electron chi connectivity index (χ4n) is 3.30. The molecule has 0 saturated heterocycles. The van der Waals surface area contributed by atoms with E-state index in [-0.39, 0.29) is 5.75 Å². The van der Waals surface area contributed by atoms with Crippen molar-refractivity contribution >= 4 is 10.8 Å². The van der Waals surface area contributed by atoms with Crippen molar-refractivity contribution in [1.29, 1.82) is 0 Å². The van der Waals surface area contributed by atoms with Crippen LogP contribution >= 0.6 is 0 Å². The summed E-state index contributed by atoms with van der Waals surface area (Å²) in [5.74, 6) is 0.215. The molecule has 0 aromatic heterocycles. The normalized spacial score (nSPS) is 19.9. The van der Waals surface area contributed by atoms with Gasteiger partial charge in [0.1, 0.15) is 11.4 Å². The van der Waals surface area contributed by atoms with Gasteiger partial charge in [0.25, 0.3) is 0 Å². The Kier molecular flexibility index (Phi) is 2.08. The Labute approximate surface area is 116 Å². The summed E-state index contributed by atoms with van der Waals surface area (Å²) >= 11 is 0. The third-order valence-corrected chi connectivity index (χ3v) is 4.27. The van der Waals surface area contributed by atoms with Crippen molar-refractivity contribution in [2.24, 2.45) is 0 Å². The molecule has 0 saturated carbocycles. The lowest BCUT2D eigenvalue weighted by Crippen LogP contribution is -2.19. The highest BCUT2D eigenvalue weighted by Gasteiger charge is 2.38. The van der Waals surface area contributed by atoms with Crippen LogP contribution in [-0.4, -0.2) is 10.2 Å². The lowest BCUT2D eigenvalue weighted by Gasteiger charge is -2.20. The Hall–Kier alpha value is -2.32. The zero-order valence-electron chi connectivity index (χ0n) is 11.1. The smallest absolute Gasteiger partial charge is 0.123 e. The molecule has 1 aliphatic carbocycles. The van der Waals surface area contributed by atoms with E-state index in [1.165, 1.54) is 0 Å². The van der Waals surface area contributed by atoms with E-state index in [1.807, 2.05) is 48.5 Å². The Morgan fingerprint density at radius 2 is 1.50 bits per heavy atom. The lowest BCUT2D eigenvalue weighted by atomic mass is 9.92. The first kappa shape index (κ1) is 11.5. The van der Waals surface area contributed by atoms with Crippen LogP contribution < -0.4 is 0 Å². The van der Waals surface area contributed by atoms with Crippen LogP contribution in [0.3, 0.4) is 0 Å². The molecular formula is C18H14O2. The molecular weight excluding hydrogens is 248 g/mol. The van der Waals surface area contributed by atoms with Crippen molar-refractivity contribution < 1.29 is 10.2 Å². The fourth-order valence-corrected chi connectivity index (χ4v) is 3.30. The molecule has 2 heteroatoms. The standard InChI is InChI=1S/C18H14O2/c1-18(20)14-9-5-4-8-13(14)17-12-7-3-2-6-11(12)16(19)10-15(17)18/h2-10,19-20H,1H3. The molecule has 1 aliphatic rings. The van der Waals surface area contributed by atoms with Crippen LogP contribution in [0.25, 0.3) is 21.9 Å². The predicted molar refractivity (Wildman–Crippen MR) is 79.7 cm³/mol. The number of rotatable bonds is 0. The largest absolute Gasteiger partial charge is 0.507 e. The topological polar surface area (TPSA) is 40.5 Å². The van der Waals surface area contributed by atoms with Gasteiger partial charge >= 0.3 is 0 Å². The van der Waals surface area contributed by atoms with Crippen molar-refractivity contribution in [1.82, 2.24) is 0 Å². The van der Waals surface area contributed by atoms with Crippen LogP contribution in [0, 0.1) is 0 Å². The minimum absolute atomic E-state index is 0.215. The van der Waals surface area contributed by atoms with Gasteiger partial charge in [0.2, 0.25) is 0 Å². The third kappa shape index (κ3) is 1.27. The first-order chi connectivity index (χ1) is 9.60. The number of phenols is 1. The maximum Gasteiger partial charge on any atom is 0.123 e. The summed E-state index contributed by atoms with van der Waals surface area (Å²) in [5.41, 5.74) is 2.68. The minimum Gasteiger partial charge on any atom is -0.507 e. The first-order valence-electron chi connectivity index (χ1n) is 6.68. The fraction of sp³-hybridized carbons (Fsp3) is 0.111. The Morgan fingerprint density at radius 1 is 0.850 bits per heavy atom. The van der Waals surface area contributed by atoms with Crippen molar-refractivity contribution in [3.63, 3.8) is 0 Å². The molecule has 0 aliphatic heterocycles. The van der Waals surface area contributed by atoms with Crippen LogP contribution in [0.4, 0.5) is 0 Å². The van der Waals surface area contributed by atoms with Crippen LogP contribution in [0.15, 0.2) is 54.6 Å². The molecule has 98 valence electrons. The summed E-state index contributed by atoms with van der Waals surface area (Å²) in [7, 11) is 0. The van der Waals surface area contributed by atoms with Gasteiger partial charge in [-0.25, -0.2) is 0 Å². The molecule has 3 aromatic rings. The summed E-state index contributed by atoms with van der Waals surface area (Å²) < 4.78 is 0. The Morgan fingerprint density at radius 3 is 2.30 bits per heavy atom. The summed E-state index contributed by atoms with van der Waals surface area (Å²) in [6.07, 6.45) is 0. The molecule has 0 amide bonds. The predicted octanol–water partition coefficient (Wildman–Crippen LogP) is 3.78. The van der Waals surface area contributed by atoms with Gasteiger partial charge in [0.15, 0.2) is 0 Å². The number of fused-ring (bicyclic) bond motifs is 5. The van der Waals surface area contributed by atoms with Gasteiger partial charge in [-0.2, -0.15) is 0 Å². The van der Waals surface area contributed by atoms with Crippen LogP contribution in [0.5, 0.6) is 5.75 Å². The van der Waals surface area contributed by atoms with Gasteiger partial charge in [-0.15, -0.1) is 0 Å². The average Bonchev–Trinajstić information content (AvgIpc) is 2.69. The van der Waals surface area contributed by atoms with Gasteiger partial charge in [0, 0.05) is 5.39 Å². The number of aromatic hydroxyl groups is 1. The summed E-state index contributed by atoms with van der Waals surface area (Å²) in [6.45, 7) is 1.78. The quantitative estimate of drug-likeness (QED) is 0.647. The molecule has 0 radical (unpaired) electrons. The zero-order chi connectivity index (χ0) is 13.9. The molecule has 0 spiro atoms. The van der Waals surface area contributed by atoms with Crippen LogP contribution in [-0.2, 0) is 5.60 Å². The van der Waals surface area contributed by atoms with Crippen molar-refractivity contribution in [2.45, 2.75) is 12.5 Å². The number of hydrogen-bond acceptors (Lipinski definition) is 2. The Balaban J connectivity index is 2.25. The third-order valence-electron chi connectivity index (χ3n) is 4.27. The Bertz CT molecular complexity index is 847. The molecule has 1 atom stereocenters.